The van der Waals surface area contributed by atoms with Crippen LogP contribution in [-0.2, 0) is 4.79 Å². The predicted octanol–water partition coefficient (Wildman–Crippen LogP) is 1.11. The molecule has 1 fully saturated rings. The van der Waals surface area contributed by atoms with Crippen LogP contribution in [0, 0.1) is 11.8 Å². The van der Waals surface area contributed by atoms with Gasteiger partial charge in [-0.1, -0.05) is 6.92 Å². The van der Waals surface area contributed by atoms with Crippen molar-refractivity contribution in [2.75, 3.05) is 13.1 Å². The molecular formula is C13H19N3O. The van der Waals surface area contributed by atoms with E-state index in [-0.39, 0.29) is 17.9 Å². The summed E-state index contributed by atoms with van der Waals surface area (Å²) in [5.74, 6) is 0.658. The minimum atomic E-state index is 0.0401. The summed E-state index contributed by atoms with van der Waals surface area (Å²) in [6.07, 6.45) is 3.50. The predicted molar refractivity (Wildman–Crippen MR) is 66.3 cm³/mol. The van der Waals surface area contributed by atoms with E-state index in [1.807, 2.05) is 19.1 Å². The molecule has 1 saturated heterocycles. The number of aromatic nitrogens is 1. The quantitative estimate of drug-likeness (QED) is 0.822. The molecule has 92 valence electrons. The van der Waals surface area contributed by atoms with E-state index in [9.17, 15) is 4.79 Å². The van der Waals surface area contributed by atoms with Crippen molar-refractivity contribution < 1.29 is 4.79 Å². The summed E-state index contributed by atoms with van der Waals surface area (Å²) < 4.78 is 0. The number of hydrogen-bond acceptors (Lipinski definition) is 3. The zero-order chi connectivity index (χ0) is 12.3. The van der Waals surface area contributed by atoms with Crippen LogP contribution in [0.2, 0.25) is 0 Å². The molecule has 4 heteroatoms. The first-order valence-corrected chi connectivity index (χ1v) is 6.09. The number of pyridine rings is 1. The second kappa shape index (κ2) is 5.27. The van der Waals surface area contributed by atoms with Gasteiger partial charge in [0.2, 0.25) is 5.91 Å². The molecular weight excluding hydrogens is 214 g/mol. The van der Waals surface area contributed by atoms with Crippen LogP contribution in [0.3, 0.4) is 0 Å². The van der Waals surface area contributed by atoms with Gasteiger partial charge in [0.15, 0.2) is 0 Å². The van der Waals surface area contributed by atoms with Crippen molar-refractivity contribution in [1.29, 1.82) is 0 Å². The minimum Gasteiger partial charge on any atom is -0.349 e. The highest BCUT2D eigenvalue weighted by atomic mass is 16.2. The van der Waals surface area contributed by atoms with Gasteiger partial charge in [0, 0.05) is 18.9 Å². The molecule has 17 heavy (non-hydrogen) atoms. The van der Waals surface area contributed by atoms with E-state index in [1.54, 1.807) is 12.4 Å². The third-order valence-electron chi connectivity index (χ3n) is 3.42. The molecule has 0 aliphatic carbocycles. The van der Waals surface area contributed by atoms with E-state index in [1.165, 1.54) is 0 Å². The van der Waals surface area contributed by atoms with Gasteiger partial charge in [-0.2, -0.15) is 0 Å². The van der Waals surface area contributed by atoms with Gasteiger partial charge in [0.05, 0.1) is 12.0 Å². The number of carbonyl (C=O) groups is 1. The molecule has 0 saturated carbocycles. The second-order valence-corrected chi connectivity index (χ2v) is 4.75. The zero-order valence-electron chi connectivity index (χ0n) is 10.3. The Morgan fingerprint density at radius 1 is 1.47 bits per heavy atom. The normalized spacial score (nSPS) is 25.5. The first-order chi connectivity index (χ1) is 8.18. The SMILES string of the molecule is C[C@H](NC(=O)[C@@H]1CNC[C@H]1C)c1ccncc1. The molecule has 0 aromatic carbocycles. The van der Waals surface area contributed by atoms with Gasteiger partial charge >= 0.3 is 0 Å². The fourth-order valence-corrected chi connectivity index (χ4v) is 2.22. The molecule has 0 bridgehead atoms. The monoisotopic (exact) mass is 233 g/mol. The molecule has 0 unspecified atom stereocenters. The summed E-state index contributed by atoms with van der Waals surface area (Å²) in [5.41, 5.74) is 1.09. The lowest BCUT2D eigenvalue weighted by atomic mass is 9.96. The van der Waals surface area contributed by atoms with Gasteiger partial charge < -0.3 is 10.6 Å². The summed E-state index contributed by atoms with van der Waals surface area (Å²) in [6, 6.07) is 3.90. The third-order valence-corrected chi connectivity index (χ3v) is 3.42. The summed E-state index contributed by atoms with van der Waals surface area (Å²) >= 11 is 0. The van der Waals surface area contributed by atoms with Crippen molar-refractivity contribution in [3.05, 3.63) is 30.1 Å². The van der Waals surface area contributed by atoms with Gasteiger partial charge in [-0.15, -0.1) is 0 Å². The number of nitrogens with one attached hydrogen (secondary N) is 2. The lowest BCUT2D eigenvalue weighted by Crippen LogP contribution is -2.35. The summed E-state index contributed by atoms with van der Waals surface area (Å²) in [6.45, 7) is 5.83. The fraction of sp³-hybridized carbons (Fsp3) is 0.538. The van der Waals surface area contributed by atoms with E-state index in [4.69, 9.17) is 0 Å². The van der Waals surface area contributed by atoms with Crippen molar-refractivity contribution in [3.8, 4) is 0 Å². The van der Waals surface area contributed by atoms with Crippen LogP contribution in [0.25, 0.3) is 0 Å². The molecule has 2 rings (SSSR count). The highest BCUT2D eigenvalue weighted by Crippen LogP contribution is 2.18. The van der Waals surface area contributed by atoms with E-state index < -0.39 is 0 Å². The lowest BCUT2D eigenvalue weighted by Gasteiger charge is -2.19. The molecule has 1 aliphatic rings. The van der Waals surface area contributed by atoms with Crippen molar-refractivity contribution in [1.82, 2.24) is 15.6 Å². The van der Waals surface area contributed by atoms with Crippen LogP contribution in [0.15, 0.2) is 24.5 Å². The Bertz CT molecular complexity index is 380. The maximum atomic E-state index is 12.1. The molecule has 1 aliphatic heterocycles. The Balaban J connectivity index is 1.95. The maximum Gasteiger partial charge on any atom is 0.225 e. The number of nitrogens with zero attached hydrogens (tertiary/aromatic N) is 1. The Hall–Kier alpha value is -1.42. The minimum absolute atomic E-state index is 0.0401. The van der Waals surface area contributed by atoms with E-state index >= 15 is 0 Å². The van der Waals surface area contributed by atoms with Crippen molar-refractivity contribution in [3.63, 3.8) is 0 Å². The number of carbonyl (C=O) groups excluding carboxylic acids is 1. The molecule has 0 spiro atoms. The number of amides is 1. The summed E-state index contributed by atoms with van der Waals surface area (Å²) in [4.78, 5) is 16.0. The highest BCUT2D eigenvalue weighted by molar-refractivity contribution is 5.80. The molecule has 1 aromatic rings. The molecule has 2 N–H and O–H groups in total. The van der Waals surface area contributed by atoms with Crippen LogP contribution >= 0.6 is 0 Å². The van der Waals surface area contributed by atoms with E-state index in [0.29, 0.717) is 5.92 Å². The molecule has 1 amide bonds. The van der Waals surface area contributed by atoms with Crippen LogP contribution in [0.1, 0.15) is 25.5 Å². The molecule has 3 atom stereocenters. The molecule has 2 heterocycles. The molecule has 0 radical (unpaired) electrons. The van der Waals surface area contributed by atoms with Crippen LogP contribution in [-0.4, -0.2) is 24.0 Å². The first kappa shape index (κ1) is 12.0. The van der Waals surface area contributed by atoms with Gasteiger partial charge in [0.25, 0.3) is 0 Å². The van der Waals surface area contributed by atoms with Crippen molar-refractivity contribution in [2.24, 2.45) is 11.8 Å². The van der Waals surface area contributed by atoms with Gasteiger partial charge in [-0.05, 0) is 37.1 Å². The second-order valence-electron chi connectivity index (χ2n) is 4.75. The van der Waals surface area contributed by atoms with Crippen LogP contribution < -0.4 is 10.6 Å². The molecule has 4 nitrogen and oxygen atoms in total. The standard InChI is InChI=1S/C13H19N3O/c1-9-7-15-8-12(9)13(17)16-10(2)11-3-5-14-6-4-11/h3-6,9-10,12,15H,7-8H2,1-2H3,(H,16,17)/t9-,10+,12-/m1/s1. The van der Waals surface area contributed by atoms with Gasteiger partial charge in [-0.3, -0.25) is 9.78 Å². The smallest absolute Gasteiger partial charge is 0.225 e. The topological polar surface area (TPSA) is 54.0 Å². The Morgan fingerprint density at radius 3 is 2.76 bits per heavy atom. The van der Waals surface area contributed by atoms with Gasteiger partial charge in [-0.25, -0.2) is 0 Å². The third kappa shape index (κ3) is 2.82. The fourth-order valence-electron chi connectivity index (χ4n) is 2.22. The largest absolute Gasteiger partial charge is 0.349 e. The number of hydrogen-bond donors (Lipinski definition) is 2. The lowest BCUT2D eigenvalue weighted by molar-refractivity contribution is -0.126. The average molecular weight is 233 g/mol. The Morgan fingerprint density at radius 2 is 2.18 bits per heavy atom. The van der Waals surface area contributed by atoms with Crippen molar-refractivity contribution >= 4 is 5.91 Å². The van der Waals surface area contributed by atoms with E-state index in [0.717, 1.165) is 18.7 Å². The van der Waals surface area contributed by atoms with Crippen LogP contribution in [0.5, 0.6) is 0 Å². The highest BCUT2D eigenvalue weighted by Gasteiger charge is 2.30. The zero-order valence-corrected chi connectivity index (χ0v) is 10.3. The van der Waals surface area contributed by atoms with Gasteiger partial charge in [0.1, 0.15) is 0 Å². The van der Waals surface area contributed by atoms with E-state index in [2.05, 4.69) is 22.5 Å². The summed E-state index contributed by atoms with van der Waals surface area (Å²) in [7, 11) is 0. The number of rotatable bonds is 3. The van der Waals surface area contributed by atoms with Crippen molar-refractivity contribution in [2.45, 2.75) is 19.9 Å². The average Bonchev–Trinajstić information content (AvgIpc) is 2.76. The summed E-state index contributed by atoms with van der Waals surface area (Å²) in [5, 5.41) is 6.31. The molecule has 1 aromatic heterocycles. The Kier molecular flexibility index (Phi) is 3.74. The van der Waals surface area contributed by atoms with Crippen LogP contribution in [0.4, 0.5) is 0 Å². The first-order valence-electron chi connectivity index (χ1n) is 6.09. The Labute approximate surface area is 102 Å². The maximum absolute atomic E-state index is 12.1.